The van der Waals surface area contributed by atoms with E-state index in [0.717, 1.165) is 6.42 Å². The molecular weight excluding hydrogens is 196 g/mol. The van der Waals surface area contributed by atoms with Crippen molar-refractivity contribution in [2.75, 3.05) is 19.7 Å². The molecule has 0 saturated carbocycles. The highest BCUT2D eigenvalue weighted by Gasteiger charge is 2.36. The molecule has 86 valence electrons. The highest BCUT2D eigenvalue weighted by atomic mass is 16.8. The van der Waals surface area contributed by atoms with Gasteiger partial charge in [0.25, 0.3) is 0 Å². The van der Waals surface area contributed by atoms with Gasteiger partial charge in [-0.15, -0.1) is 6.58 Å². The van der Waals surface area contributed by atoms with E-state index in [1.165, 1.54) is 0 Å². The molecule has 0 spiro atoms. The van der Waals surface area contributed by atoms with Crippen LogP contribution in [0.15, 0.2) is 12.7 Å². The van der Waals surface area contributed by atoms with Crippen molar-refractivity contribution in [1.82, 2.24) is 10.6 Å². The van der Waals surface area contributed by atoms with E-state index in [0.29, 0.717) is 19.7 Å². The van der Waals surface area contributed by atoms with Gasteiger partial charge >= 0.3 is 6.03 Å². The standard InChI is InChI=1S/C10H18N2O3/c1-3-5-11-10(13)12-6-7-14-9-8(4-2)15-9/h4,8-9H,2-3,5-7H2,1H3,(H2,11,12,13). The van der Waals surface area contributed by atoms with Crippen molar-refractivity contribution in [3.05, 3.63) is 12.7 Å². The van der Waals surface area contributed by atoms with E-state index in [4.69, 9.17) is 9.47 Å². The summed E-state index contributed by atoms with van der Waals surface area (Å²) in [5.41, 5.74) is 0. The molecule has 2 N–H and O–H groups in total. The molecule has 1 heterocycles. The van der Waals surface area contributed by atoms with E-state index >= 15 is 0 Å². The van der Waals surface area contributed by atoms with Gasteiger partial charge in [-0.2, -0.15) is 0 Å². The van der Waals surface area contributed by atoms with Crippen LogP contribution in [-0.4, -0.2) is 38.1 Å². The number of hydrogen-bond donors (Lipinski definition) is 2. The normalized spacial score (nSPS) is 23.3. The SMILES string of the molecule is C=CC1OC1OCCNC(=O)NCCC. The van der Waals surface area contributed by atoms with Crippen LogP contribution in [0.1, 0.15) is 13.3 Å². The van der Waals surface area contributed by atoms with Crippen LogP contribution in [0.2, 0.25) is 0 Å². The zero-order valence-electron chi connectivity index (χ0n) is 8.99. The van der Waals surface area contributed by atoms with Crippen LogP contribution in [0.3, 0.4) is 0 Å². The predicted molar refractivity (Wildman–Crippen MR) is 56.5 cm³/mol. The molecule has 1 rings (SSSR count). The Labute approximate surface area is 89.8 Å². The second-order valence-electron chi connectivity index (χ2n) is 3.26. The lowest BCUT2D eigenvalue weighted by Crippen LogP contribution is -2.37. The molecule has 0 aromatic heterocycles. The van der Waals surface area contributed by atoms with E-state index in [2.05, 4.69) is 17.2 Å². The fraction of sp³-hybridized carbons (Fsp3) is 0.700. The molecule has 2 amide bonds. The summed E-state index contributed by atoms with van der Waals surface area (Å²) in [4.78, 5) is 11.1. The summed E-state index contributed by atoms with van der Waals surface area (Å²) in [5.74, 6) is 0. The molecule has 2 unspecified atom stereocenters. The summed E-state index contributed by atoms with van der Waals surface area (Å²) in [7, 11) is 0. The third kappa shape index (κ3) is 4.80. The lowest BCUT2D eigenvalue weighted by molar-refractivity contribution is 0.0530. The Hall–Kier alpha value is -1.07. The molecule has 0 aromatic carbocycles. The van der Waals surface area contributed by atoms with E-state index in [1.807, 2.05) is 6.92 Å². The van der Waals surface area contributed by atoms with Crippen LogP contribution in [-0.2, 0) is 9.47 Å². The van der Waals surface area contributed by atoms with Gasteiger partial charge in [-0.25, -0.2) is 4.79 Å². The molecule has 2 atom stereocenters. The first-order valence-corrected chi connectivity index (χ1v) is 5.19. The summed E-state index contributed by atoms with van der Waals surface area (Å²) < 4.78 is 10.3. The lowest BCUT2D eigenvalue weighted by atomic mass is 10.4. The second kappa shape index (κ2) is 6.42. The van der Waals surface area contributed by atoms with Gasteiger partial charge < -0.3 is 20.1 Å². The fourth-order valence-corrected chi connectivity index (χ4v) is 1.05. The molecule has 0 aromatic rings. The van der Waals surface area contributed by atoms with E-state index in [1.54, 1.807) is 6.08 Å². The third-order valence-electron chi connectivity index (χ3n) is 1.92. The third-order valence-corrected chi connectivity index (χ3v) is 1.92. The second-order valence-corrected chi connectivity index (χ2v) is 3.26. The zero-order chi connectivity index (χ0) is 11.1. The van der Waals surface area contributed by atoms with Crippen LogP contribution in [0.25, 0.3) is 0 Å². The predicted octanol–water partition coefficient (Wildman–Crippen LogP) is 0.623. The minimum atomic E-state index is -0.164. The number of carbonyl (C=O) groups excluding carboxylic acids is 1. The van der Waals surface area contributed by atoms with Crippen molar-refractivity contribution in [1.29, 1.82) is 0 Å². The maximum absolute atomic E-state index is 11.1. The van der Waals surface area contributed by atoms with Gasteiger partial charge in [0.1, 0.15) is 6.10 Å². The van der Waals surface area contributed by atoms with Crippen molar-refractivity contribution in [2.24, 2.45) is 0 Å². The molecule has 0 aliphatic carbocycles. The summed E-state index contributed by atoms with van der Waals surface area (Å²) in [6, 6.07) is -0.155. The fourth-order valence-electron chi connectivity index (χ4n) is 1.05. The number of urea groups is 1. The summed E-state index contributed by atoms with van der Waals surface area (Å²) in [6.07, 6.45) is 2.49. The largest absolute Gasteiger partial charge is 0.348 e. The first-order valence-electron chi connectivity index (χ1n) is 5.19. The Morgan fingerprint density at radius 2 is 2.27 bits per heavy atom. The number of nitrogens with one attached hydrogen (secondary N) is 2. The molecule has 5 nitrogen and oxygen atoms in total. The Kier molecular flexibility index (Phi) is 5.14. The minimum Gasteiger partial charge on any atom is -0.348 e. The molecule has 0 radical (unpaired) electrons. The van der Waals surface area contributed by atoms with Gasteiger partial charge in [0.2, 0.25) is 0 Å². The number of ether oxygens (including phenoxy) is 2. The van der Waals surface area contributed by atoms with E-state index < -0.39 is 0 Å². The van der Waals surface area contributed by atoms with Crippen LogP contribution in [0.5, 0.6) is 0 Å². The molecule has 1 aliphatic heterocycles. The Morgan fingerprint density at radius 1 is 1.53 bits per heavy atom. The summed E-state index contributed by atoms with van der Waals surface area (Å²) in [6.45, 7) is 7.21. The minimum absolute atomic E-state index is 0.0268. The molecule has 0 bridgehead atoms. The lowest BCUT2D eigenvalue weighted by Gasteiger charge is -2.05. The molecule has 5 heteroatoms. The van der Waals surface area contributed by atoms with Crippen LogP contribution in [0, 0.1) is 0 Å². The van der Waals surface area contributed by atoms with Gasteiger partial charge in [0.15, 0.2) is 6.29 Å². The molecule has 1 aliphatic rings. The Balaban J connectivity index is 1.88. The van der Waals surface area contributed by atoms with Crippen molar-refractivity contribution >= 4 is 6.03 Å². The smallest absolute Gasteiger partial charge is 0.314 e. The number of epoxide rings is 1. The molecule has 1 saturated heterocycles. The van der Waals surface area contributed by atoms with Gasteiger partial charge in [-0.1, -0.05) is 13.0 Å². The van der Waals surface area contributed by atoms with E-state index in [9.17, 15) is 4.79 Å². The average Bonchev–Trinajstić information content (AvgIpc) is 3.00. The van der Waals surface area contributed by atoms with Crippen molar-refractivity contribution in [2.45, 2.75) is 25.7 Å². The highest BCUT2D eigenvalue weighted by Crippen LogP contribution is 2.23. The summed E-state index contributed by atoms with van der Waals surface area (Å²) in [5, 5.41) is 5.38. The number of hydrogen-bond acceptors (Lipinski definition) is 3. The van der Waals surface area contributed by atoms with Crippen molar-refractivity contribution < 1.29 is 14.3 Å². The molecular formula is C10H18N2O3. The van der Waals surface area contributed by atoms with E-state index in [-0.39, 0.29) is 18.4 Å². The maximum Gasteiger partial charge on any atom is 0.314 e. The maximum atomic E-state index is 11.1. The van der Waals surface area contributed by atoms with Crippen LogP contribution < -0.4 is 10.6 Å². The van der Waals surface area contributed by atoms with Crippen LogP contribution in [0.4, 0.5) is 4.79 Å². The number of amides is 2. The van der Waals surface area contributed by atoms with Crippen LogP contribution >= 0.6 is 0 Å². The summed E-state index contributed by atoms with van der Waals surface area (Å²) >= 11 is 0. The highest BCUT2D eigenvalue weighted by molar-refractivity contribution is 5.73. The first kappa shape index (κ1) is 12.0. The average molecular weight is 214 g/mol. The monoisotopic (exact) mass is 214 g/mol. The van der Waals surface area contributed by atoms with Crippen molar-refractivity contribution in [3.63, 3.8) is 0 Å². The quantitative estimate of drug-likeness (QED) is 0.371. The Morgan fingerprint density at radius 3 is 2.87 bits per heavy atom. The molecule has 15 heavy (non-hydrogen) atoms. The number of rotatable bonds is 7. The van der Waals surface area contributed by atoms with Crippen molar-refractivity contribution in [3.8, 4) is 0 Å². The Bertz CT molecular complexity index is 221. The van der Waals surface area contributed by atoms with Gasteiger partial charge in [0.05, 0.1) is 6.61 Å². The topological polar surface area (TPSA) is 62.9 Å². The zero-order valence-corrected chi connectivity index (χ0v) is 8.99. The first-order chi connectivity index (χ1) is 7.27. The van der Waals surface area contributed by atoms with Gasteiger partial charge in [-0.3, -0.25) is 0 Å². The number of carbonyl (C=O) groups is 1. The van der Waals surface area contributed by atoms with Gasteiger partial charge in [-0.05, 0) is 6.42 Å². The molecule has 1 fully saturated rings. The van der Waals surface area contributed by atoms with Gasteiger partial charge in [0, 0.05) is 13.1 Å².